The lowest BCUT2D eigenvalue weighted by Gasteiger charge is -2.41. The van der Waals surface area contributed by atoms with Gasteiger partial charge in [-0.15, -0.1) is 0 Å². The monoisotopic (exact) mass is 226 g/mol. The van der Waals surface area contributed by atoms with Crippen molar-refractivity contribution in [2.45, 2.75) is 73.5 Å². The van der Waals surface area contributed by atoms with Crippen molar-refractivity contribution >= 4 is 0 Å². The van der Waals surface area contributed by atoms with E-state index < -0.39 is 0 Å². The first-order chi connectivity index (χ1) is 7.21. The zero-order valence-corrected chi connectivity index (χ0v) is 12.2. The minimum Gasteiger partial charge on any atom is -0.374 e. The van der Waals surface area contributed by atoms with Gasteiger partial charge in [-0.3, -0.25) is 0 Å². The quantitative estimate of drug-likeness (QED) is 0.673. The maximum atomic E-state index is 6.33. The first kappa shape index (κ1) is 14.0. The van der Waals surface area contributed by atoms with E-state index >= 15 is 0 Å². The number of hydrogen-bond donors (Lipinski definition) is 0. The average molecular weight is 226 g/mol. The summed E-state index contributed by atoms with van der Waals surface area (Å²) in [5.74, 6) is 2.29. The number of rotatable bonds is 2. The van der Waals surface area contributed by atoms with Crippen molar-refractivity contribution in [1.82, 2.24) is 0 Å². The minimum atomic E-state index is 0.252. The molecule has 1 heteroatoms. The van der Waals surface area contributed by atoms with Crippen LogP contribution in [-0.4, -0.2) is 12.2 Å². The molecule has 0 aliphatic heterocycles. The molecule has 0 bridgehead atoms. The Morgan fingerprint density at radius 1 is 1.00 bits per heavy atom. The van der Waals surface area contributed by atoms with Crippen LogP contribution in [0.5, 0.6) is 0 Å². The van der Waals surface area contributed by atoms with Crippen molar-refractivity contribution in [3.63, 3.8) is 0 Å². The molecule has 0 radical (unpaired) electrons. The van der Waals surface area contributed by atoms with Crippen LogP contribution in [0.1, 0.15) is 61.3 Å². The highest BCUT2D eigenvalue weighted by Crippen LogP contribution is 2.37. The molecule has 16 heavy (non-hydrogen) atoms. The van der Waals surface area contributed by atoms with Crippen LogP contribution < -0.4 is 0 Å². The molecule has 3 atom stereocenters. The summed E-state index contributed by atoms with van der Waals surface area (Å²) in [7, 11) is 0. The van der Waals surface area contributed by atoms with Crippen LogP contribution in [0.15, 0.2) is 0 Å². The summed E-state index contributed by atoms with van der Waals surface area (Å²) in [4.78, 5) is 0. The summed E-state index contributed by atoms with van der Waals surface area (Å²) >= 11 is 0. The van der Waals surface area contributed by atoms with E-state index in [1.165, 1.54) is 12.8 Å². The predicted octanol–water partition coefficient (Wildman–Crippen LogP) is 4.51. The van der Waals surface area contributed by atoms with Crippen LogP contribution in [0.2, 0.25) is 0 Å². The highest BCUT2D eigenvalue weighted by Gasteiger charge is 2.35. The third-order valence-electron chi connectivity index (χ3n) is 4.25. The second kappa shape index (κ2) is 5.08. The molecule has 1 rings (SSSR count). The van der Waals surface area contributed by atoms with Gasteiger partial charge in [0, 0.05) is 0 Å². The zero-order valence-electron chi connectivity index (χ0n) is 12.2. The summed E-state index contributed by atoms with van der Waals surface area (Å²) in [6.45, 7) is 16.1. The van der Waals surface area contributed by atoms with Crippen LogP contribution in [-0.2, 0) is 4.74 Å². The Morgan fingerprint density at radius 3 is 1.81 bits per heavy atom. The van der Waals surface area contributed by atoms with E-state index in [2.05, 4.69) is 48.5 Å². The van der Waals surface area contributed by atoms with Crippen molar-refractivity contribution < 1.29 is 4.74 Å². The van der Waals surface area contributed by atoms with Crippen LogP contribution in [0, 0.1) is 23.2 Å². The van der Waals surface area contributed by atoms with Gasteiger partial charge in [-0.05, 0) is 42.9 Å². The Hall–Kier alpha value is -0.0400. The third kappa shape index (κ3) is 3.48. The molecule has 0 aromatic heterocycles. The molecule has 3 unspecified atom stereocenters. The van der Waals surface area contributed by atoms with Gasteiger partial charge in [-0.25, -0.2) is 0 Å². The summed E-state index contributed by atoms with van der Waals surface area (Å²) in [6, 6.07) is 0. The van der Waals surface area contributed by atoms with E-state index in [-0.39, 0.29) is 5.41 Å². The molecule has 0 N–H and O–H groups in total. The minimum absolute atomic E-state index is 0.252. The van der Waals surface area contributed by atoms with Crippen molar-refractivity contribution in [1.29, 1.82) is 0 Å². The van der Waals surface area contributed by atoms with Gasteiger partial charge < -0.3 is 4.74 Å². The Kier molecular flexibility index (Phi) is 4.45. The van der Waals surface area contributed by atoms with Crippen molar-refractivity contribution in [2.24, 2.45) is 23.2 Å². The van der Waals surface area contributed by atoms with Crippen LogP contribution >= 0.6 is 0 Å². The highest BCUT2D eigenvalue weighted by atomic mass is 16.5. The Morgan fingerprint density at radius 2 is 1.44 bits per heavy atom. The van der Waals surface area contributed by atoms with Gasteiger partial charge in [-0.1, -0.05) is 41.5 Å². The number of hydrogen-bond acceptors (Lipinski definition) is 1. The van der Waals surface area contributed by atoms with Crippen LogP contribution in [0.4, 0.5) is 0 Å². The molecule has 1 aliphatic rings. The Bertz CT molecular complexity index is 204. The lowest BCUT2D eigenvalue weighted by molar-refractivity contribution is -0.116. The fraction of sp³-hybridized carbons (Fsp3) is 1.00. The third-order valence-corrected chi connectivity index (χ3v) is 4.25. The molecule has 0 amide bonds. The molecule has 0 aromatic rings. The summed E-state index contributed by atoms with van der Waals surface area (Å²) in [6.07, 6.45) is 3.46. The van der Waals surface area contributed by atoms with E-state index in [4.69, 9.17) is 4.74 Å². The first-order valence-electron chi connectivity index (χ1n) is 6.87. The van der Waals surface area contributed by atoms with Crippen LogP contribution in [0.3, 0.4) is 0 Å². The van der Waals surface area contributed by atoms with Gasteiger partial charge in [0.2, 0.25) is 0 Å². The number of ether oxygens (including phenoxy) is 1. The van der Waals surface area contributed by atoms with Gasteiger partial charge in [0.25, 0.3) is 0 Å². The Balaban J connectivity index is 2.59. The second-order valence-corrected chi connectivity index (χ2v) is 7.14. The van der Waals surface area contributed by atoms with E-state index in [1.54, 1.807) is 0 Å². The van der Waals surface area contributed by atoms with Crippen molar-refractivity contribution in [3.05, 3.63) is 0 Å². The van der Waals surface area contributed by atoms with Gasteiger partial charge in [-0.2, -0.15) is 0 Å². The summed E-state index contributed by atoms with van der Waals surface area (Å²) in [5, 5.41) is 0. The van der Waals surface area contributed by atoms with E-state index in [0.717, 1.165) is 5.92 Å². The molecule has 0 spiro atoms. The van der Waals surface area contributed by atoms with Crippen molar-refractivity contribution in [2.75, 3.05) is 0 Å². The molecule has 1 saturated carbocycles. The molecule has 0 aromatic carbocycles. The van der Waals surface area contributed by atoms with Crippen LogP contribution in [0.25, 0.3) is 0 Å². The Labute approximate surface area is 102 Å². The zero-order chi connectivity index (χ0) is 12.5. The van der Waals surface area contributed by atoms with Crippen molar-refractivity contribution in [3.8, 4) is 0 Å². The smallest absolute Gasteiger partial charge is 0.0630 e. The summed E-state index contributed by atoms with van der Waals surface area (Å²) in [5.41, 5.74) is 0.252. The standard InChI is InChI=1S/C15H30O/c1-10-8-11(2)14(12(3)9-10)16-13(4)15(5,6)7/h10-14H,8-9H2,1-7H3. The lowest BCUT2D eigenvalue weighted by Crippen LogP contribution is -2.41. The van der Waals surface area contributed by atoms with E-state index in [1.807, 2.05) is 0 Å². The lowest BCUT2D eigenvalue weighted by atomic mass is 9.75. The maximum Gasteiger partial charge on any atom is 0.0630 e. The fourth-order valence-electron chi connectivity index (χ4n) is 2.90. The molecule has 0 heterocycles. The molecular formula is C15H30O. The van der Waals surface area contributed by atoms with Gasteiger partial charge >= 0.3 is 0 Å². The van der Waals surface area contributed by atoms with E-state index in [9.17, 15) is 0 Å². The predicted molar refractivity (Wildman–Crippen MR) is 70.5 cm³/mol. The second-order valence-electron chi connectivity index (χ2n) is 7.14. The van der Waals surface area contributed by atoms with Gasteiger partial charge in [0.1, 0.15) is 0 Å². The van der Waals surface area contributed by atoms with Gasteiger partial charge in [0.05, 0.1) is 12.2 Å². The maximum absolute atomic E-state index is 6.33. The topological polar surface area (TPSA) is 9.23 Å². The largest absolute Gasteiger partial charge is 0.374 e. The molecule has 1 fully saturated rings. The molecule has 0 saturated heterocycles. The first-order valence-corrected chi connectivity index (χ1v) is 6.87. The normalized spacial score (nSPS) is 38.4. The summed E-state index contributed by atoms with van der Waals surface area (Å²) < 4.78 is 6.33. The SMILES string of the molecule is CC1CC(C)C(OC(C)C(C)(C)C)C(C)C1. The molecule has 96 valence electrons. The average Bonchev–Trinajstić information content (AvgIpc) is 2.08. The fourth-order valence-corrected chi connectivity index (χ4v) is 2.90. The molecule has 1 aliphatic carbocycles. The molecular weight excluding hydrogens is 196 g/mol. The van der Waals surface area contributed by atoms with E-state index in [0.29, 0.717) is 24.0 Å². The van der Waals surface area contributed by atoms with Gasteiger partial charge in [0.15, 0.2) is 0 Å². The highest BCUT2D eigenvalue weighted by molar-refractivity contribution is 4.83. The molecule has 1 nitrogen and oxygen atoms in total.